The van der Waals surface area contributed by atoms with Gasteiger partial charge in [0.15, 0.2) is 11.5 Å². The Morgan fingerprint density at radius 2 is 1.62 bits per heavy atom. The van der Waals surface area contributed by atoms with Crippen LogP contribution in [0.15, 0.2) is 60.7 Å². The fraction of sp³-hybridized carbons (Fsp3) is 0.250. The lowest BCUT2D eigenvalue weighted by Gasteiger charge is -2.29. The van der Waals surface area contributed by atoms with Crippen LogP contribution in [-0.2, 0) is 14.3 Å². The van der Waals surface area contributed by atoms with Gasteiger partial charge < -0.3 is 14.9 Å². The van der Waals surface area contributed by atoms with E-state index < -0.39 is 52.9 Å². The Morgan fingerprint density at radius 3 is 2.34 bits per heavy atom. The third-order valence-corrected chi connectivity index (χ3v) is 5.95. The van der Waals surface area contributed by atoms with Crippen molar-refractivity contribution < 1.29 is 34.1 Å². The molecule has 8 nitrogen and oxygen atoms in total. The van der Waals surface area contributed by atoms with E-state index in [4.69, 9.17) is 4.74 Å². The van der Waals surface area contributed by atoms with Gasteiger partial charge in [-0.25, -0.2) is 9.69 Å². The molecule has 0 spiro atoms. The lowest BCUT2D eigenvalue weighted by Crippen LogP contribution is -2.38. The minimum absolute atomic E-state index is 0.218. The summed E-state index contributed by atoms with van der Waals surface area (Å²) < 4.78 is 5.28. The first-order valence-electron chi connectivity index (χ1n) is 10.1. The molecule has 32 heavy (non-hydrogen) atoms. The number of phenols is 2. The van der Waals surface area contributed by atoms with Gasteiger partial charge in [0.2, 0.25) is 11.8 Å². The topological polar surface area (TPSA) is 121 Å². The number of para-hydroxylation sites is 1. The summed E-state index contributed by atoms with van der Waals surface area (Å²) in [5.74, 6) is -6.28. The standard InChI is InChI=1S/C24H21NO7/c1-13-10-11-15(12-32-24(31)16-8-5-9-17(26)20(16)27)19-18(13)22(29)25(23(19)30)21(28)14-6-3-2-4-7-14/h2-11,13,15,18-19,26-27H,12H2,1H3. The summed E-state index contributed by atoms with van der Waals surface area (Å²) in [5.41, 5.74) is 0.0141. The number of fused-ring (bicyclic) bond motifs is 1. The summed E-state index contributed by atoms with van der Waals surface area (Å²) in [7, 11) is 0. The number of amides is 3. The smallest absolute Gasteiger partial charge is 0.342 e. The molecule has 1 aliphatic carbocycles. The van der Waals surface area contributed by atoms with Gasteiger partial charge in [-0.1, -0.05) is 43.3 Å². The molecule has 0 bridgehead atoms. The van der Waals surface area contributed by atoms with Crippen LogP contribution in [0.2, 0.25) is 0 Å². The molecular formula is C24H21NO7. The molecule has 1 heterocycles. The van der Waals surface area contributed by atoms with Gasteiger partial charge >= 0.3 is 5.97 Å². The number of phenolic OH excluding ortho intramolecular Hbond substituents is 2. The van der Waals surface area contributed by atoms with Crippen LogP contribution in [0.5, 0.6) is 11.5 Å². The Balaban J connectivity index is 1.55. The van der Waals surface area contributed by atoms with Crippen molar-refractivity contribution >= 4 is 23.7 Å². The van der Waals surface area contributed by atoms with E-state index in [9.17, 15) is 29.4 Å². The van der Waals surface area contributed by atoms with Crippen LogP contribution >= 0.6 is 0 Å². The van der Waals surface area contributed by atoms with Crippen molar-refractivity contribution in [2.45, 2.75) is 6.92 Å². The first kappa shape index (κ1) is 21.3. The van der Waals surface area contributed by atoms with Crippen molar-refractivity contribution in [3.63, 3.8) is 0 Å². The summed E-state index contributed by atoms with van der Waals surface area (Å²) in [6, 6.07) is 12.0. The zero-order valence-corrected chi connectivity index (χ0v) is 17.2. The van der Waals surface area contributed by atoms with Gasteiger partial charge in [-0.2, -0.15) is 0 Å². The SMILES string of the molecule is CC1C=CC(COC(=O)c2cccc(O)c2O)C2C(=O)N(C(=O)c3ccccc3)C(=O)C12. The summed E-state index contributed by atoms with van der Waals surface area (Å²) in [4.78, 5) is 52.2. The van der Waals surface area contributed by atoms with Gasteiger partial charge in [0.1, 0.15) is 5.56 Å². The number of rotatable bonds is 4. The van der Waals surface area contributed by atoms with E-state index in [-0.39, 0.29) is 23.7 Å². The van der Waals surface area contributed by atoms with Crippen LogP contribution in [0.25, 0.3) is 0 Å². The van der Waals surface area contributed by atoms with Crippen LogP contribution in [-0.4, -0.2) is 45.4 Å². The monoisotopic (exact) mass is 435 g/mol. The average Bonchev–Trinajstić information content (AvgIpc) is 3.06. The van der Waals surface area contributed by atoms with Gasteiger partial charge in [-0.15, -0.1) is 0 Å². The van der Waals surface area contributed by atoms with E-state index in [1.54, 1.807) is 37.3 Å². The zero-order valence-electron chi connectivity index (χ0n) is 17.2. The molecule has 4 rings (SSSR count). The van der Waals surface area contributed by atoms with Gasteiger partial charge in [0.25, 0.3) is 5.91 Å². The lowest BCUT2D eigenvalue weighted by atomic mass is 9.73. The molecule has 2 N–H and O–H groups in total. The highest BCUT2D eigenvalue weighted by molar-refractivity contribution is 6.21. The van der Waals surface area contributed by atoms with E-state index in [0.29, 0.717) is 4.90 Å². The molecule has 0 aromatic heterocycles. The predicted octanol–water partition coefficient (Wildman–Crippen LogP) is 2.52. The number of allylic oxidation sites excluding steroid dienone is 1. The number of carbonyl (C=O) groups excluding carboxylic acids is 4. The molecular weight excluding hydrogens is 414 g/mol. The molecule has 2 aromatic rings. The number of carbonyl (C=O) groups is 4. The first-order valence-corrected chi connectivity index (χ1v) is 10.1. The molecule has 0 saturated carbocycles. The number of likely N-dealkylation sites (tertiary alicyclic amines) is 1. The van der Waals surface area contributed by atoms with Gasteiger partial charge in [-0.3, -0.25) is 14.4 Å². The highest BCUT2D eigenvalue weighted by atomic mass is 16.5. The molecule has 2 aromatic carbocycles. The summed E-state index contributed by atoms with van der Waals surface area (Å²) >= 11 is 0. The van der Waals surface area contributed by atoms with Crippen molar-refractivity contribution in [3.8, 4) is 11.5 Å². The Morgan fingerprint density at radius 1 is 0.938 bits per heavy atom. The first-order chi connectivity index (χ1) is 15.3. The fourth-order valence-corrected chi connectivity index (χ4v) is 4.29. The number of hydrogen-bond acceptors (Lipinski definition) is 7. The highest BCUT2D eigenvalue weighted by Gasteiger charge is 2.55. The van der Waals surface area contributed by atoms with Crippen LogP contribution in [0.3, 0.4) is 0 Å². The number of aromatic hydroxyl groups is 2. The Kier molecular flexibility index (Phi) is 5.52. The van der Waals surface area contributed by atoms with Crippen molar-refractivity contribution in [3.05, 3.63) is 71.8 Å². The maximum Gasteiger partial charge on any atom is 0.342 e. The maximum atomic E-state index is 13.2. The average molecular weight is 435 g/mol. The summed E-state index contributed by atoms with van der Waals surface area (Å²) in [6.07, 6.45) is 3.48. The molecule has 0 radical (unpaired) electrons. The van der Waals surface area contributed by atoms with E-state index in [1.807, 2.05) is 0 Å². The normalized spacial score (nSPS) is 24.3. The molecule has 164 valence electrons. The molecule has 4 unspecified atom stereocenters. The molecule has 1 fully saturated rings. The minimum atomic E-state index is -0.879. The minimum Gasteiger partial charge on any atom is -0.504 e. The number of hydrogen-bond donors (Lipinski definition) is 2. The maximum absolute atomic E-state index is 13.2. The second-order valence-electron chi connectivity index (χ2n) is 7.91. The third-order valence-electron chi connectivity index (χ3n) is 5.95. The van der Waals surface area contributed by atoms with E-state index >= 15 is 0 Å². The Labute approximate surface area is 183 Å². The molecule has 4 atom stereocenters. The number of benzene rings is 2. The zero-order chi connectivity index (χ0) is 23.0. The highest BCUT2D eigenvalue weighted by Crippen LogP contribution is 2.42. The molecule has 2 aliphatic rings. The van der Waals surface area contributed by atoms with Crippen molar-refractivity contribution in [1.29, 1.82) is 0 Å². The van der Waals surface area contributed by atoms with E-state index in [2.05, 4.69) is 0 Å². The van der Waals surface area contributed by atoms with Crippen LogP contribution in [0.1, 0.15) is 27.6 Å². The van der Waals surface area contributed by atoms with Gasteiger partial charge in [0, 0.05) is 11.5 Å². The molecule has 1 aliphatic heterocycles. The van der Waals surface area contributed by atoms with Gasteiger partial charge in [0.05, 0.1) is 18.4 Å². The van der Waals surface area contributed by atoms with Crippen LogP contribution in [0, 0.1) is 23.7 Å². The van der Waals surface area contributed by atoms with Gasteiger partial charge in [-0.05, 0) is 30.2 Å². The molecule has 1 saturated heterocycles. The van der Waals surface area contributed by atoms with Crippen LogP contribution in [0.4, 0.5) is 0 Å². The van der Waals surface area contributed by atoms with Crippen molar-refractivity contribution in [2.24, 2.45) is 23.7 Å². The predicted molar refractivity (Wildman–Crippen MR) is 111 cm³/mol. The Hall–Kier alpha value is -3.94. The largest absolute Gasteiger partial charge is 0.504 e. The molecule has 8 heteroatoms. The summed E-state index contributed by atoms with van der Waals surface area (Å²) in [6.45, 7) is 1.56. The Bertz CT molecular complexity index is 1120. The number of ether oxygens (including phenoxy) is 1. The number of esters is 1. The second kappa shape index (κ2) is 8.30. The molecule has 3 amide bonds. The number of imide groups is 3. The number of nitrogens with zero attached hydrogens (tertiary/aromatic N) is 1. The lowest BCUT2D eigenvalue weighted by molar-refractivity contribution is -0.136. The fourth-order valence-electron chi connectivity index (χ4n) is 4.29. The van der Waals surface area contributed by atoms with Crippen LogP contribution < -0.4 is 0 Å². The van der Waals surface area contributed by atoms with E-state index in [1.165, 1.54) is 30.3 Å². The quantitative estimate of drug-likeness (QED) is 0.328. The van der Waals surface area contributed by atoms with E-state index in [0.717, 1.165) is 0 Å². The second-order valence-corrected chi connectivity index (χ2v) is 7.91. The third kappa shape index (κ3) is 3.53. The van der Waals surface area contributed by atoms with Crippen molar-refractivity contribution in [1.82, 2.24) is 4.90 Å². The van der Waals surface area contributed by atoms with Crippen molar-refractivity contribution in [2.75, 3.05) is 6.61 Å². The summed E-state index contributed by atoms with van der Waals surface area (Å²) in [5, 5.41) is 19.4.